The second-order valence-electron chi connectivity index (χ2n) is 5.51. The highest BCUT2D eigenvalue weighted by molar-refractivity contribution is 5.49. The highest BCUT2D eigenvalue weighted by atomic mass is 16.5. The van der Waals surface area contributed by atoms with Crippen LogP contribution < -0.4 is 15.2 Å². The van der Waals surface area contributed by atoms with Gasteiger partial charge in [-0.15, -0.1) is 0 Å². The Hall–Kier alpha value is -1.26. The third kappa shape index (κ3) is 2.91. The number of ether oxygens (including phenoxy) is 3. The van der Waals surface area contributed by atoms with Crippen molar-refractivity contribution in [3.05, 3.63) is 23.3 Å². The lowest BCUT2D eigenvalue weighted by atomic mass is 9.77. The van der Waals surface area contributed by atoms with Crippen molar-refractivity contribution in [2.45, 2.75) is 44.2 Å². The summed E-state index contributed by atoms with van der Waals surface area (Å²) in [6, 6.07) is 4.09. The predicted octanol–water partition coefficient (Wildman–Crippen LogP) is 2.97. The summed E-state index contributed by atoms with van der Waals surface area (Å²) < 4.78 is 16.2. The summed E-state index contributed by atoms with van der Waals surface area (Å²) in [6.45, 7) is 0.462. The minimum absolute atomic E-state index is 0.260. The van der Waals surface area contributed by atoms with E-state index in [0.717, 1.165) is 35.5 Å². The summed E-state index contributed by atoms with van der Waals surface area (Å²) in [6.07, 6.45) is 5.67. The Morgan fingerprint density at radius 3 is 2.00 bits per heavy atom. The van der Waals surface area contributed by atoms with E-state index in [2.05, 4.69) is 0 Å². The second kappa shape index (κ2) is 6.46. The van der Waals surface area contributed by atoms with Crippen LogP contribution in [0.3, 0.4) is 0 Å². The van der Waals surface area contributed by atoms with Crippen LogP contribution in [-0.4, -0.2) is 21.3 Å². The number of hydrogen-bond donors (Lipinski definition) is 1. The molecule has 0 aromatic heterocycles. The van der Waals surface area contributed by atoms with Crippen LogP contribution in [0, 0.1) is 0 Å². The Morgan fingerprint density at radius 1 is 1.00 bits per heavy atom. The van der Waals surface area contributed by atoms with E-state index >= 15 is 0 Å². The maximum absolute atomic E-state index is 6.61. The summed E-state index contributed by atoms with van der Waals surface area (Å²) >= 11 is 0. The van der Waals surface area contributed by atoms with Gasteiger partial charge in [0.25, 0.3) is 0 Å². The van der Waals surface area contributed by atoms with Crippen molar-refractivity contribution in [3.8, 4) is 11.5 Å². The lowest BCUT2D eigenvalue weighted by Gasteiger charge is -2.34. The fraction of sp³-hybridized carbons (Fsp3) is 0.625. The standard InChI is InChI=1S/C16H25NO3/c1-18-11-13-14(19-2)9-12(10-15(13)20-3)16(17)7-5-4-6-8-16/h9-10H,4-8,11,17H2,1-3H3. The summed E-state index contributed by atoms with van der Waals surface area (Å²) in [7, 11) is 5.00. The summed E-state index contributed by atoms with van der Waals surface area (Å²) in [5.41, 5.74) is 8.38. The van der Waals surface area contributed by atoms with Crippen LogP contribution in [0.2, 0.25) is 0 Å². The van der Waals surface area contributed by atoms with Gasteiger partial charge in [0.15, 0.2) is 0 Å². The lowest BCUT2D eigenvalue weighted by Crippen LogP contribution is -2.38. The lowest BCUT2D eigenvalue weighted by molar-refractivity contribution is 0.178. The van der Waals surface area contributed by atoms with Gasteiger partial charge in [-0.25, -0.2) is 0 Å². The van der Waals surface area contributed by atoms with E-state index < -0.39 is 0 Å². The van der Waals surface area contributed by atoms with Gasteiger partial charge in [-0.1, -0.05) is 19.3 Å². The molecule has 1 aromatic rings. The average molecular weight is 279 g/mol. The molecule has 1 aliphatic carbocycles. The zero-order chi connectivity index (χ0) is 14.6. The molecule has 0 aliphatic heterocycles. The van der Waals surface area contributed by atoms with Gasteiger partial charge in [0.2, 0.25) is 0 Å². The van der Waals surface area contributed by atoms with Gasteiger partial charge in [-0.2, -0.15) is 0 Å². The van der Waals surface area contributed by atoms with E-state index in [1.807, 2.05) is 12.1 Å². The molecule has 0 unspecified atom stereocenters. The highest BCUT2D eigenvalue weighted by Gasteiger charge is 2.31. The van der Waals surface area contributed by atoms with Gasteiger partial charge in [0.05, 0.1) is 26.4 Å². The van der Waals surface area contributed by atoms with Crippen LogP contribution in [-0.2, 0) is 16.9 Å². The van der Waals surface area contributed by atoms with E-state index in [9.17, 15) is 0 Å². The summed E-state index contributed by atoms with van der Waals surface area (Å²) in [4.78, 5) is 0. The van der Waals surface area contributed by atoms with Crippen molar-refractivity contribution in [2.75, 3.05) is 21.3 Å². The summed E-state index contributed by atoms with van der Waals surface area (Å²) in [5, 5.41) is 0. The molecule has 112 valence electrons. The molecule has 2 N–H and O–H groups in total. The minimum atomic E-state index is -0.260. The first-order chi connectivity index (χ1) is 9.64. The molecule has 0 spiro atoms. The number of methoxy groups -OCH3 is 3. The Balaban J connectivity index is 2.44. The van der Waals surface area contributed by atoms with Crippen molar-refractivity contribution in [2.24, 2.45) is 5.73 Å². The fourth-order valence-corrected chi connectivity index (χ4v) is 3.03. The molecule has 1 aromatic carbocycles. The van der Waals surface area contributed by atoms with Crippen LogP contribution >= 0.6 is 0 Å². The second-order valence-corrected chi connectivity index (χ2v) is 5.51. The molecule has 4 heteroatoms. The van der Waals surface area contributed by atoms with Crippen molar-refractivity contribution in [3.63, 3.8) is 0 Å². The first-order valence-corrected chi connectivity index (χ1v) is 7.18. The van der Waals surface area contributed by atoms with Crippen LogP contribution in [0.25, 0.3) is 0 Å². The topological polar surface area (TPSA) is 53.7 Å². The maximum Gasteiger partial charge on any atom is 0.128 e. The molecule has 0 atom stereocenters. The Morgan fingerprint density at radius 2 is 1.55 bits per heavy atom. The molecular weight excluding hydrogens is 254 g/mol. The Bertz CT molecular complexity index is 428. The number of hydrogen-bond acceptors (Lipinski definition) is 4. The van der Waals surface area contributed by atoms with Crippen molar-refractivity contribution in [1.29, 1.82) is 0 Å². The average Bonchev–Trinajstić information content (AvgIpc) is 2.48. The largest absolute Gasteiger partial charge is 0.496 e. The molecule has 4 nitrogen and oxygen atoms in total. The quantitative estimate of drug-likeness (QED) is 0.900. The number of nitrogens with two attached hydrogens (primary N) is 1. The molecule has 0 heterocycles. The predicted molar refractivity (Wildman–Crippen MR) is 79.2 cm³/mol. The Kier molecular flexibility index (Phi) is 4.89. The molecule has 0 radical (unpaired) electrons. The highest BCUT2D eigenvalue weighted by Crippen LogP contribution is 2.40. The van der Waals surface area contributed by atoms with Crippen LogP contribution in [0.4, 0.5) is 0 Å². The van der Waals surface area contributed by atoms with E-state index in [-0.39, 0.29) is 5.54 Å². The molecule has 2 rings (SSSR count). The molecule has 1 saturated carbocycles. The first kappa shape index (κ1) is 15.1. The van der Waals surface area contributed by atoms with Crippen molar-refractivity contribution >= 4 is 0 Å². The number of benzene rings is 1. The fourth-order valence-electron chi connectivity index (χ4n) is 3.03. The van der Waals surface area contributed by atoms with Crippen molar-refractivity contribution in [1.82, 2.24) is 0 Å². The molecular formula is C16H25NO3. The monoisotopic (exact) mass is 279 g/mol. The summed E-state index contributed by atoms with van der Waals surface area (Å²) in [5.74, 6) is 1.58. The van der Waals surface area contributed by atoms with Crippen LogP contribution in [0.15, 0.2) is 12.1 Å². The molecule has 0 saturated heterocycles. The van der Waals surface area contributed by atoms with E-state index in [1.54, 1.807) is 21.3 Å². The minimum Gasteiger partial charge on any atom is -0.496 e. The molecule has 0 amide bonds. The van der Waals surface area contributed by atoms with E-state index in [4.69, 9.17) is 19.9 Å². The molecule has 20 heavy (non-hydrogen) atoms. The number of rotatable bonds is 5. The van der Waals surface area contributed by atoms with Gasteiger partial charge in [-0.05, 0) is 30.5 Å². The van der Waals surface area contributed by atoms with Gasteiger partial charge in [0, 0.05) is 12.6 Å². The van der Waals surface area contributed by atoms with Gasteiger partial charge in [0.1, 0.15) is 11.5 Å². The molecule has 1 fully saturated rings. The van der Waals surface area contributed by atoms with Crippen molar-refractivity contribution < 1.29 is 14.2 Å². The van der Waals surface area contributed by atoms with E-state index in [1.165, 1.54) is 19.3 Å². The van der Waals surface area contributed by atoms with Gasteiger partial charge < -0.3 is 19.9 Å². The van der Waals surface area contributed by atoms with Gasteiger partial charge >= 0.3 is 0 Å². The SMILES string of the molecule is COCc1c(OC)cc(C2(N)CCCCC2)cc1OC. The third-order valence-electron chi connectivity index (χ3n) is 4.22. The third-order valence-corrected chi connectivity index (χ3v) is 4.22. The smallest absolute Gasteiger partial charge is 0.128 e. The zero-order valence-electron chi connectivity index (χ0n) is 12.7. The normalized spacial score (nSPS) is 17.8. The zero-order valence-corrected chi connectivity index (χ0v) is 12.7. The Labute approximate surface area is 121 Å². The van der Waals surface area contributed by atoms with Gasteiger partial charge in [-0.3, -0.25) is 0 Å². The molecule has 1 aliphatic rings. The first-order valence-electron chi connectivity index (χ1n) is 7.18. The van der Waals surface area contributed by atoms with Crippen LogP contribution in [0.1, 0.15) is 43.2 Å². The maximum atomic E-state index is 6.61. The van der Waals surface area contributed by atoms with Crippen LogP contribution in [0.5, 0.6) is 11.5 Å². The van der Waals surface area contributed by atoms with E-state index in [0.29, 0.717) is 6.61 Å². The molecule has 0 bridgehead atoms.